The maximum absolute atomic E-state index is 13.1. The van der Waals surface area contributed by atoms with Crippen LogP contribution in [0.5, 0.6) is 0 Å². The molecule has 2 atom stereocenters. The SMILES string of the molecule is CC(CC(=O)NCC(O)c1ccsc1)c1cccc(F)c1. The molecule has 0 saturated carbocycles. The van der Waals surface area contributed by atoms with Gasteiger partial charge >= 0.3 is 0 Å². The number of aliphatic hydroxyl groups excluding tert-OH is 1. The predicted octanol–water partition coefficient (Wildman–Crippen LogP) is 3.23. The molecule has 2 N–H and O–H groups in total. The molecule has 0 aliphatic carbocycles. The average Bonchev–Trinajstić information content (AvgIpc) is 2.99. The quantitative estimate of drug-likeness (QED) is 0.861. The van der Waals surface area contributed by atoms with Gasteiger partial charge in [0, 0.05) is 13.0 Å². The second-order valence-electron chi connectivity index (χ2n) is 5.04. The fourth-order valence-corrected chi connectivity index (χ4v) is 2.78. The van der Waals surface area contributed by atoms with Crippen molar-refractivity contribution in [3.8, 4) is 0 Å². The summed E-state index contributed by atoms with van der Waals surface area (Å²) in [6.45, 7) is 2.06. The van der Waals surface area contributed by atoms with Crippen LogP contribution in [-0.2, 0) is 4.79 Å². The normalized spacial score (nSPS) is 13.7. The van der Waals surface area contributed by atoms with Gasteiger partial charge in [0.2, 0.25) is 5.91 Å². The molecule has 0 aliphatic rings. The molecule has 3 nitrogen and oxygen atoms in total. The Bertz CT molecular complexity index is 586. The molecule has 2 unspecified atom stereocenters. The van der Waals surface area contributed by atoms with Crippen LogP contribution in [0, 0.1) is 5.82 Å². The van der Waals surface area contributed by atoms with Crippen molar-refractivity contribution in [3.05, 3.63) is 58.0 Å². The van der Waals surface area contributed by atoms with E-state index in [4.69, 9.17) is 0 Å². The van der Waals surface area contributed by atoms with Crippen LogP contribution in [-0.4, -0.2) is 17.6 Å². The number of carbonyl (C=O) groups is 1. The number of nitrogens with one attached hydrogen (secondary N) is 1. The van der Waals surface area contributed by atoms with Crippen LogP contribution in [0.4, 0.5) is 4.39 Å². The number of rotatable bonds is 6. The van der Waals surface area contributed by atoms with Crippen LogP contribution in [0.25, 0.3) is 0 Å². The molecule has 0 bridgehead atoms. The molecule has 1 amide bonds. The molecule has 0 aliphatic heterocycles. The lowest BCUT2D eigenvalue weighted by Gasteiger charge is -2.14. The van der Waals surface area contributed by atoms with E-state index < -0.39 is 6.10 Å². The third-order valence-electron chi connectivity index (χ3n) is 3.33. The summed E-state index contributed by atoms with van der Waals surface area (Å²) in [5.41, 5.74) is 1.60. The summed E-state index contributed by atoms with van der Waals surface area (Å²) in [4.78, 5) is 11.9. The Balaban J connectivity index is 1.81. The number of aliphatic hydroxyl groups is 1. The number of amides is 1. The first-order valence-corrected chi connectivity index (χ1v) is 7.73. The van der Waals surface area contributed by atoms with Gasteiger partial charge in [-0.3, -0.25) is 4.79 Å². The smallest absolute Gasteiger partial charge is 0.220 e. The van der Waals surface area contributed by atoms with Crippen molar-refractivity contribution < 1.29 is 14.3 Å². The number of benzene rings is 1. The summed E-state index contributed by atoms with van der Waals surface area (Å²) in [5.74, 6) is -0.521. The number of halogens is 1. The van der Waals surface area contributed by atoms with E-state index in [0.717, 1.165) is 11.1 Å². The minimum absolute atomic E-state index is 0.0704. The zero-order valence-electron chi connectivity index (χ0n) is 11.8. The van der Waals surface area contributed by atoms with Gasteiger partial charge in [0.1, 0.15) is 5.82 Å². The highest BCUT2D eigenvalue weighted by molar-refractivity contribution is 7.07. The summed E-state index contributed by atoms with van der Waals surface area (Å²) in [7, 11) is 0. The van der Waals surface area contributed by atoms with Gasteiger partial charge in [-0.05, 0) is 46.0 Å². The molecule has 2 rings (SSSR count). The lowest BCUT2D eigenvalue weighted by molar-refractivity contribution is -0.121. The molecule has 1 heterocycles. The van der Waals surface area contributed by atoms with Crippen molar-refractivity contribution in [1.29, 1.82) is 0 Å². The molecular weight excluding hydrogens is 289 g/mol. The van der Waals surface area contributed by atoms with Gasteiger partial charge in [-0.2, -0.15) is 11.3 Å². The lowest BCUT2D eigenvalue weighted by atomic mass is 9.97. The van der Waals surface area contributed by atoms with E-state index in [1.54, 1.807) is 12.1 Å². The Morgan fingerprint density at radius 2 is 2.19 bits per heavy atom. The summed E-state index contributed by atoms with van der Waals surface area (Å²) in [6.07, 6.45) is -0.426. The maximum atomic E-state index is 13.1. The van der Waals surface area contributed by atoms with Crippen molar-refractivity contribution in [1.82, 2.24) is 5.32 Å². The number of thiophene rings is 1. The van der Waals surface area contributed by atoms with Crippen molar-refractivity contribution in [2.45, 2.75) is 25.4 Å². The average molecular weight is 307 g/mol. The minimum atomic E-state index is -0.690. The van der Waals surface area contributed by atoms with Crippen LogP contribution in [0.15, 0.2) is 41.1 Å². The largest absolute Gasteiger partial charge is 0.387 e. The first-order chi connectivity index (χ1) is 10.1. The molecule has 0 radical (unpaired) electrons. The van der Waals surface area contributed by atoms with Gasteiger partial charge in [-0.15, -0.1) is 0 Å². The zero-order chi connectivity index (χ0) is 15.2. The molecule has 112 valence electrons. The van der Waals surface area contributed by atoms with Gasteiger partial charge in [0.25, 0.3) is 0 Å². The standard InChI is InChI=1S/C16H18FNO2S/c1-11(12-3-2-4-14(17)8-12)7-16(20)18-9-15(19)13-5-6-21-10-13/h2-6,8,10-11,15,19H,7,9H2,1H3,(H,18,20). The Hall–Kier alpha value is -1.72. The summed E-state index contributed by atoms with van der Waals surface area (Å²) in [5, 5.41) is 16.3. The molecular formula is C16H18FNO2S. The fourth-order valence-electron chi connectivity index (χ4n) is 2.07. The number of hydrogen-bond donors (Lipinski definition) is 2. The molecule has 1 aromatic carbocycles. The predicted molar refractivity (Wildman–Crippen MR) is 81.7 cm³/mol. The monoisotopic (exact) mass is 307 g/mol. The van der Waals surface area contributed by atoms with E-state index in [2.05, 4.69) is 5.32 Å². The highest BCUT2D eigenvalue weighted by Crippen LogP contribution is 2.20. The molecule has 5 heteroatoms. The van der Waals surface area contributed by atoms with Gasteiger partial charge in [0.05, 0.1) is 6.10 Å². The van der Waals surface area contributed by atoms with E-state index in [9.17, 15) is 14.3 Å². The topological polar surface area (TPSA) is 49.3 Å². The third-order valence-corrected chi connectivity index (χ3v) is 4.03. The highest BCUT2D eigenvalue weighted by Gasteiger charge is 2.14. The molecule has 2 aromatic rings. The Morgan fingerprint density at radius 1 is 1.38 bits per heavy atom. The first kappa shape index (κ1) is 15.7. The van der Waals surface area contributed by atoms with E-state index in [1.165, 1.54) is 23.5 Å². The van der Waals surface area contributed by atoms with E-state index in [1.807, 2.05) is 23.8 Å². The van der Waals surface area contributed by atoms with Crippen molar-refractivity contribution in [2.75, 3.05) is 6.54 Å². The molecule has 0 saturated heterocycles. The second-order valence-corrected chi connectivity index (χ2v) is 5.82. The minimum Gasteiger partial charge on any atom is -0.387 e. The van der Waals surface area contributed by atoms with Gasteiger partial charge in [0.15, 0.2) is 0 Å². The summed E-state index contributed by atoms with van der Waals surface area (Å²) in [6, 6.07) is 8.10. The summed E-state index contributed by atoms with van der Waals surface area (Å²) < 4.78 is 13.1. The van der Waals surface area contributed by atoms with E-state index in [0.29, 0.717) is 0 Å². The Labute approximate surface area is 127 Å². The zero-order valence-corrected chi connectivity index (χ0v) is 12.6. The fraction of sp³-hybridized carbons (Fsp3) is 0.312. The molecule has 21 heavy (non-hydrogen) atoms. The van der Waals surface area contributed by atoms with Crippen molar-refractivity contribution >= 4 is 17.2 Å². The van der Waals surface area contributed by atoms with Crippen LogP contribution in [0.3, 0.4) is 0 Å². The Morgan fingerprint density at radius 3 is 2.86 bits per heavy atom. The second kappa shape index (κ2) is 7.33. The van der Waals surface area contributed by atoms with Crippen molar-refractivity contribution in [3.63, 3.8) is 0 Å². The van der Waals surface area contributed by atoms with Gasteiger partial charge in [-0.1, -0.05) is 19.1 Å². The molecule has 0 spiro atoms. The molecule has 1 aromatic heterocycles. The van der Waals surface area contributed by atoms with Crippen LogP contribution in [0.1, 0.15) is 36.5 Å². The summed E-state index contributed by atoms with van der Waals surface area (Å²) >= 11 is 1.50. The van der Waals surface area contributed by atoms with Gasteiger partial charge in [-0.25, -0.2) is 4.39 Å². The van der Waals surface area contributed by atoms with E-state index in [-0.39, 0.29) is 30.6 Å². The van der Waals surface area contributed by atoms with Crippen LogP contribution < -0.4 is 5.32 Å². The highest BCUT2D eigenvalue weighted by atomic mass is 32.1. The lowest BCUT2D eigenvalue weighted by Crippen LogP contribution is -2.29. The van der Waals surface area contributed by atoms with Crippen molar-refractivity contribution in [2.24, 2.45) is 0 Å². The molecule has 0 fully saturated rings. The Kier molecular flexibility index (Phi) is 5.47. The number of carbonyl (C=O) groups excluding carboxylic acids is 1. The van der Waals surface area contributed by atoms with Crippen LogP contribution >= 0.6 is 11.3 Å². The maximum Gasteiger partial charge on any atom is 0.220 e. The third kappa shape index (κ3) is 4.65. The van der Waals surface area contributed by atoms with Crippen LogP contribution in [0.2, 0.25) is 0 Å². The number of hydrogen-bond acceptors (Lipinski definition) is 3. The van der Waals surface area contributed by atoms with E-state index >= 15 is 0 Å². The first-order valence-electron chi connectivity index (χ1n) is 6.78. The van der Waals surface area contributed by atoms with Gasteiger partial charge < -0.3 is 10.4 Å².